The molecule has 0 unspecified atom stereocenters. The lowest BCUT2D eigenvalue weighted by atomic mass is 10.0. The smallest absolute Gasteiger partial charge is 0.407 e. The van der Waals surface area contributed by atoms with E-state index in [1.807, 2.05) is 13.0 Å². The molecule has 1 aromatic rings. The van der Waals surface area contributed by atoms with Crippen molar-refractivity contribution in [1.82, 2.24) is 10.6 Å². The van der Waals surface area contributed by atoms with Crippen molar-refractivity contribution in [1.29, 1.82) is 0 Å². The summed E-state index contributed by atoms with van der Waals surface area (Å²) in [5.41, 5.74) is 1.85. The molecule has 0 saturated carbocycles. The van der Waals surface area contributed by atoms with Crippen LogP contribution >= 0.6 is 0 Å². The number of amides is 3. The van der Waals surface area contributed by atoms with Crippen LogP contribution in [0.3, 0.4) is 0 Å². The first-order valence-corrected chi connectivity index (χ1v) is 5.45. The maximum atomic E-state index is 11.2. The molecule has 2 aliphatic heterocycles. The topological polar surface area (TPSA) is 84.5 Å². The summed E-state index contributed by atoms with van der Waals surface area (Å²) in [6.45, 7) is 3.01. The molecule has 18 heavy (non-hydrogen) atoms. The Morgan fingerprint density at radius 2 is 1.94 bits per heavy atom. The second-order valence-corrected chi connectivity index (χ2v) is 3.84. The molecule has 0 aromatic heterocycles. The predicted octanol–water partition coefficient (Wildman–Crippen LogP) is 0.605. The highest BCUT2D eigenvalue weighted by molar-refractivity contribution is 6.22. The monoisotopic (exact) mass is 248 g/mol. The molecule has 3 rings (SSSR count). The van der Waals surface area contributed by atoms with Crippen LogP contribution in [0.2, 0.25) is 0 Å². The van der Waals surface area contributed by atoms with Gasteiger partial charge in [0.05, 0.1) is 17.7 Å². The van der Waals surface area contributed by atoms with Crippen LogP contribution in [0.1, 0.15) is 26.3 Å². The van der Waals surface area contributed by atoms with Gasteiger partial charge in [-0.25, -0.2) is 4.79 Å². The van der Waals surface area contributed by atoms with Gasteiger partial charge in [-0.05, 0) is 18.6 Å². The Morgan fingerprint density at radius 1 is 1.17 bits per heavy atom. The van der Waals surface area contributed by atoms with E-state index in [0.717, 1.165) is 5.56 Å². The number of aryl methyl sites for hydroxylation is 1. The Bertz CT molecular complexity index is 517. The number of alkyl carbamates (subject to hydrolysis) is 1. The van der Waals surface area contributed by atoms with Crippen molar-refractivity contribution in [3.8, 4) is 0 Å². The average molecular weight is 248 g/mol. The van der Waals surface area contributed by atoms with Crippen LogP contribution in [-0.2, 0) is 4.74 Å². The van der Waals surface area contributed by atoms with Gasteiger partial charge in [0.1, 0.15) is 6.61 Å². The zero-order valence-electron chi connectivity index (χ0n) is 9.78. The quantitative estimate of drug-likeness (QED) is 0.659. The van der Waals surface area contributed by atoms with E-state index in [1.165, 1.54) is 0 Å². The minimum Gasteiger partial charge on any atom is -0.448 e. The van der Waals surface area contributed by atoms with Crippen LogP contribution in [0.25, 0.3) is 0 Å². The third-order valence-corrected chi connectivity index (χ3v) is 2.58. The van der Waals surface area contributed by atoms with Gasteiger partial charge in [0.2, 0.25) is 0 Å². The van der Waals surface area contributed by atoms with Gasteiger partial charge in [-0.3, -0.25) is 14.9 Å². The van der Waals surface area contributed by atoms with E-state index in [2.05, 4.69) is 15.4 Å². The molecular weight excluding hydrogens is 236 g/mol. The Labute approximate surface area is 103 Å². The molecule has 2 heterocycles. The SMILES string of the molecule is Cc1cccc2c1C(=O)NC2=O.O=C1NCCO1. The van der Waals surface area contributed by atoms with Crippen molar-refractivity contribution in [2.75, 3.05) is 13.2 Å². The van der Waals surface area contributed by atoms with E-state index in [4.69, 9.17) is 0 Å². The first kappa shape index (κ1) is 12.1. The van der Waals surface area contributed by atoms with E-state index < -0.39 is 0 Å². The molecule has 6 heteroatoms. The number of rotatable bonds is 0. The predicted molar refractivity (Wildman–Crippen MR) is 62.3 cm³/mol. The zero-order valence-corrected chi connectivity index (χ0v) is 9.78. The Morgan fingerprint density at radius 3 is 2.44 bits per heavy atom. The number of carbonyl (C=O) groups excluding carboxylic acids is 3. The summed E-state index contributed by atoms with van der Waals surface area (Å²) in [6, 6.07) is 5.24. The number of carbonyl (C=O) groups is 3. The van der Waals surface area contributed by atoms with Crippen molar-refractivity contribution >= 4 is 17.9 Å². The second kappa shape index (κ2) is 4.87. The molecule has 1 saturated heterocycles. The van der Waals surface area contributed by atoms with Gasteiger partial charge < -0.3 is 10.1 Å². The van der Waals surface area contributed by atoms with Crippen LogP contribution in [-0.4, -0.2) is 31.1 Å². The normalized spacial score (nSPS) is 16.2. The van der Waals surface area contributed by atoms with Crippen molar-refractivity contribution in [3.63, 3.8) is 0 Å². The molecule has 1 aromatic carbocycles. The van der Waals surface area contributed by atoms with Gasteiger partial charge in [0.25, 0.3) is 11.8 Å². The van der Waals surface area contributed by atoms with Crippen LogP contribution in [0.5, 0.6) is 0 Å². The van der Waals surface area contributed by atoms with Gasteiger partial charge >= 0.3 is 6.09 Å². The summed E-state index contributed by atoms with van der Waals surface area (Å²) >= 11 is 0. The number of cyclic esters (lactones) is 1. The third kappa shape index (κ3) is 2.32. The van der Waals surface area contributed by atoms with E-state index in [1.54, 1.807) is 12.1 Å². The number of hydrogen-bond acceptors (Lipinski definition) is 4. The molecule has 0 atom stereocenters. The highest BCUT2D eigenvalue weighted by Gasteiger charge is 2.27. The van der Waals surface area contributed by atoms with E-state index in [-0.39, 0.29) is 17.9 Å². The van der Waals surface area contributed by atoms with Crippen molar-refractivity contribution in [2.45, 2.75) is 6.92 Å². The standard InChI is InChI=1S/C9H7NO2.C3H5NO2/c1-5-3-2-4-6-7(5)9(12)10-8(6)11;5-3-4-1-2-6-3/h2-4H,1H3,(H,10,11,12);1-2H2,(H,4,5). The number of ether oxygens (including phenoxy) is 1. The van der Waals surface area contributed by atoms with Crippen molar-refractivity contribution < 1.29 is 19.1 Å². The third-order valence-electron chi connectivity index (χ3n) is 2.58. The summed E-state index contributed by atoms with van der Waals surface area (Å²) in [6.07, 6.45) is -0.296. The molecule has 1 fully saturated rings. The molecule has 2 N–H and O–H groups in total. The second-order valence-electron chi connectivity index (χ2n) is 3.84. The molecule has 6 nitrogen and oxygen atoms in total. The summed E-state index contributed by atoms with van der Waals surface area (Å²) < 4.78 is 4.40. The lowest BCUT2D eigenvalue weighted by Crippen LogP contribution is -2.20. The average Bonchev–Trinajstić information content (AvgIpc) is 2.90. The van der Waals surface area contributed by atoms with Gasteiger partial charge in [-0.2, -0.15) is 0 Å². The van der Waals surface area contributed by atoms with Gasteiger partial charge in [-0.15, -0.1) is 0 Å². The number of imide groups is 1. The molecule has 3 amide bonds. The highest BCUT2D eigenvalue weighted by Crippen LogP contribution is 2.18. The summed E-state index contributed by atoms with van der Waals surface area (Å²) in [5, 5.41) is 4.70. The zero-order chi connectivity index (χ0) is 13.1. The molecule has 0 aliphatic carbocycles. The molecule has 0 bridgehead atoms. The molecular formula is C12H12N2O4. The fourth-order valence-electron chi connectivity index (χ4n) is 1.74. The fraction of sp³-hybridized carbons (Fsp3) is 0.250. The lowest BCUT2D eigenvalue weighted by molar-refractivity contribution is 0.0879. The molecule has 2 aliphatic rings. The Hall–Kier alpha value is -2.37. The highest BCUT2D eigenvalue weighted by atomic mass is 16.6. The van der Waals surface area contributed by atoms with E-state index in [9.17, 15) is 14.4 Å². The minimum atomic E-state index is -0.296. The first-order valence-electron chi connectivity index (χ1n) is 5.45. The van der Waals surface area contributed by atoms with Crippen LogP contribution in [0.4, 0.5) is 4.79 Å². The summed E-state index contributed by atoms with van der Waals surface area (Å²) in [5.74, 6) is -0.577. The van der Waals surface area contributed by atoms with Crippen LogP contribution < -0.4 is 10.6 Å². The van der Waals surface area contributed by atoms with Crippen molar-refractivity contribution in [3.05, 3.63) is 34.9 Å². The summed E-state index contributed by atoms with van der Waals surface area (Å²) in [4.78, 5) is 32.2. The van der Waals surface area contributed by atoms with Gasteiger partial charge in [0, 0.05) is 0 Å². The van der Waals surface area contributed by atoms with Crippen LogP contribution in [0.15, 0.2) is 18.2 Å². The number of benzene rings is 1. The minimum absolute atomic E-state index is 0.284. The largest absolute Gasteiger partial charge is 0.448 e. The van der Waals surface area contributed by atoms with Crippen molar-refractivity contribution in [2.24, 2.45) is 0 Å². The number of fused-ring (bicyclic) bond motifs is 1. The number of nitrogens with one attached hydrogen (secondary N) is 2. The van der Waals surface area contributed by atoms with Gasteiger partial charge in [-0.1, -0.05) is 12.1 Å². The Kier molecular flexibility index (Phi) is 3.27. The molecule has 0 radical (unpaired) electrons. The Balaban J connectivity index is 0.000000169. The first-order chi connectivity index (χ1) is 8.59. The maximum absolute atomic E-state index is 11.2. The van der Waals surface area contributed by atoms with E-state index in [0.29, 0.717) is 24.3 Å². The van der Waals surface area contributed by atoms with Gasteiger partial charge in [0.15, 0.2) is 0 Å². The fourth-order valence-corrected chi connectivity index (χ4v) is 1.74. The molecule has 94 valence electrons. The summed E-state index contributed by atoms with van der Waals surface area (Å²) in [7, 11) is 0. The van der Waals surface area contributed by atoms with Crippen LogP contribution in [0, 0.1) is 6.92 Å². The van der Waals surface area contributed by atoms with E-state index >= 15 is 0 Å². The lowest BCUT2D eigenvalue weighted by Gasteiger charge is -1.96. The maximum Gasteiger partial charge on any atom is 0.407 e. The number of hydrogen-bond donors (Lipinski definition) is 2. The molecule has 0 spiro atoms.